The summed E-state index contributed by atoms with van der Waals surface area (Å²) in [5.74, 6) is 0.175. The molecule has 0 atom stereocenters. The molecule has 0 saturated carbocycles. The number of aromatic nitrogens is 2. The summed E-state index contributed by atoms with van der Waals surface area (Å²) in [6, 6.07) is 12.4. The van der Waals surface area contributed by atoms with Crippen LogP contribution in [-0.2, 0) is 0 Å². The number of carbonyl (C=O) groups excluding carboxylic acids is 1. The Morgan fingerprint density at radius 3 is 2.72 bits per heavy atom. The summed E-state index contributed by atoms with van der Waals surface area (Å²) in [5.41, 5.74) is 0.157. The van der Waals surface area contributed by atoms with E-state index >= 15 is 0 Å². The number of hydrogen-bond donors (Lipinski definition) is 1. The second-order valence-electron chi connectivity index (χ2n) is 4.90. The van der Waals surface area contributed by atoms with Crippen molar-refractivity contribution in [2.24, 2.45) is 0 Å². The molecule has 1 heterocycles. The molecule has 124 valence electrons. The second-order valence-corrected chi connectivity index (χ2v) is 4.90. The average molecular weight is 336 g/mol. The Labute approximate surface area is 142 Å². The summed E-state index contributed by atoms with van der Waals surface area (Å²) >= 11 is 0. The first-order valence-corrected chi connectivity index (χ1v) is 7.22. The number of carbonyl (C=O) groups is 1. The monoisotopic (exact) mass is 336 g/mol. The third-order valence-electron chi connectivity index (χ3n) is 3.20. The molecule has 1 N–H and O–H groups in total. The smallest absolute Gasteiger partial charge is 0.282 e. The first-order valence-electron chi connectivity index (χ1n) is 7.22. The van der Waals surface area contributed by atoms with Gasteiger partial charge < -0.3 is 10.1 Å². The highest BCUT2D eigenvalue weighted by Gasteiger charge is 2.19. The van der Waals surface area contributed by atoms with Crippen LogP contribution >= 0.6 is 0 Å². The van der Waals surface area contributed by atoms with E-state index in [-0.39, 0.29) is 11.3 Å². The Bertz CT molecular complexity index is 915. The van der Waals surface area contributed by atoms with Crippen molar-refractivity contribution in [1.82, 2.24) is 9.97 Å². The van der Waals surface area contributed by atoms with Gasteiger partial charge in [0, 0.05) is 30.2 Å². The van der Waals surface area contributed by atoms with Crippen LogP contribution < -0.4 is 10.1 Å². The van der Waals surface area contributed by atoms with Gasteiger partial charge in [0.2, 0.25) is 5.88 Å². The van der Waals surface area contributed by atoms with Crippen molar-refractivity contribution in [3.63, 3.8) is 0 Å². The number of rotatable bonds is 5. The van der Waals surface area contributed by atoms with E-state index in [1.165, 1.54) is 36.8 Å². The molecule has 1 aromatic heterocycles. The third kappa shape index (κ3) is 3.94. The summed E-state index contributed by atoms with van der Waals surface area (Å²) < 4.78 is 5.54. The van der Waals surface area contributed by atoms with Gasteiger partial charge in [-0.3, -0.25) is 19.9 Å². The minimum absolute atomic E-state index is 0.0206. The Morgan fingerprint density at radius 2 is 1.96 bits per heavy atom. The van der Waals surface area contributed by atoms with E-state index in [4.69, 9.17) is 4.74 Å². The van der Waals surface area contributed by atoms with Gasteiger partial charge in [-0.05, 0) is 18.2 Å². The number of nitro groups is 1. The van der Waals surface area contributed by atoms with Gasteiger partial charge in [0.15, 0.2) is 0 Å². The molecular formula is C17H12N4O4. The molecule has 1 amide bonds. The zero-order chi connectivity index (χ0) is 17.6. The normalized spacial score (nSPS) is 10.1. The van der Waals surface area contributed by atoms with Crippen molar-refractivity contribution >= 4 is 17.3 Å². The molecule has 0 aliphatic heterocycles. The maximum Gasteiger partial charge on any atom is 0.282 e. The van der Waals surface area contributed by atoms with E-state index in [9.17, 15) is 14.9 Å². The predicted octanol–water partition coefficient (Wildman–Crippen LogP) is 3.43. The van der Waals surface area contributed by atoms with Crippen molar-refractivity contribution in [1.29, 1.82) is 0 Å². The molecule has 0 bridgehead atoms. The lowest BCUT2D eigenvalue weighted by atomic mass is 10.1. The number of anilines is 1. The molecule has 0 aliphatic rings. The van der Waals surface area contributed by atoms with Crippen LogP contribution in [0.2, 0.25) is 0 Å². The molecule has 0 saturated heterocycles. The van der Waals surface area contributed by atoms with Crippen molar-refractivity contribution in [2.45, 2.75) is 0 Å². The molecule has 25 heavy (non-hydrogen) atoms. The number of ether oxygens (including phenoxy) is 1. The fourth-order valence-corrected chi connectivity index (χ4v) is 2.12. The third-order valence-corrected chi connectivity index (χ3v) is 3.20. The highest BCUT2D eigenvalue weighted by Crippen LogP contribution is 2.24. The highest BCUT2D eigenvalue weighted by molar-refractivity contribution is 6.07. The topological polar surface area (TPSA) is 107 Å². The Morgan fingerprint density at radius 1 is 1.12 bits per heavy atom. The van der Waals surface area contributed by atoms with Crippen LogP contribution in [0.15, 0.2) is 67.1 Å². The molecule has 0 fully saturated rings. The van der Waals surface area contributed by atoms with E-state index in [2.05, 4.69) is 15.3 Å². The number of nitro benzene ring substituents is 1. The zero-order valence-corrected chi connectivity index (χ0v) is 12.8. The Kier molecular flexibility index (Phi) is 4.61. The summed E-state index contributed by atoms with van der Waals surface area (Å²) in [6.45, 7) is 0. The lowest BCUT2D eigenvalue weighted by Crippen LogP contribution is -2.13. The maximum atomic E-state index is 12.3. The fraction of sp³-hybridized carbons (Fsp3) is 0. The molecule has 3 aromatic rings. The number of nitrogens with one attached hydrogen (secondary N) is 1. The van der Waals surface area contributed by atoms with Crippen molar-refractivity contribution in [3.05, 3.63) is 82.8 Å². The molecule has 2 aromatic carbocycles. The minimum atomic E-state index is -0.595. The molecule has 0 aliphatic carbocycles. The lowest BCUT2D eigenvalue weighted by Gasteiger charge is -2.08. The van der Waals surface area contributed by atoms with Gasteiger partial charge in [-0.15, -0.1) is 0 Å². The summed E-state index contributed by atoms with van der Waals surface area (Å²) in [5, 5.41) is 13.6. The molecule has 8 heteroatoms. The quantitative estimate of drug-likeness (QED) is 0.565. The molecule has 8 nitrogen and oxygen atoms in total. The molecule has 0 spiro atoms. The van der Waals surface area contributed by atoms with E-state index in [1.54, 1.807) is 30.3 Å². The van der Waals surface area contributed by atoms with Crippen LogP contribution in [-0.4, -0.2) is 20.8 Å². The van der Waals surface area contributed by atoms with E-state index < -0.39 is 10.8 Å². The number of amides is 1. The highest BCUT2D eigenvalue weighted by atomic mass is 16.6. The van der Waals surface area contributed by atoms with Gasteiger partial charge in [-0.2, -0.15) is 0 Å². The standard InChI is InChI=1S/C17H12N4O4/c22-17(14-6-1-2-7-15(14)21(23)24)20-12-4-3-5-13(10-12)25-16-11-18-8-9-19-16/h1-11H,(H,20,22). The van der Waals surface area contributed by atoms with Crippen LogP contribution in [0, 0.1) is 10.1 Å². The largest absolute Gasteiger partial charge is 0.437 e. The summed E-state index contributed by atoms with van der Waals surface area (Å²) in [7, 11) is 0. The van der Waals surface area contributed by atoms with Crippen LogP contribution in [0.4, 0.5) is 11.4 Å². The molecule has 3 rings (SSSR count). The predicted molar refractivity (Wildman–Crippen MR) is 89.6 cm³/mol. The first-order chi connectivity index (χ1) is 12.1. The van der Waals surface area contributed by atoms with Gasteiger partial charge in [0.25, 0.3) is 11.6 Å². The lowest BCUT2D eigenvalue weighted by molar-refractivity contribution is -0.385. The van der Waals surface area contributed by atoms with E-state index in [0.717, 1.165) is 0 Å². The van der Waals surface area contributed by atoms with Gasteiger partial charge in [-0.25, -0.2) is 4.98 Å². The van der Waals surface area contributed by atoms with Crippen LogP contribution in [0.3, 0.4) is 0 Å². The molecule has 0 unspecified atom stereocenters. The van der Waals surface area contributed by atoms with Crippen molar-refractivity contribution in [2.75, 3.05) is 5.32 Å². The fourth-order valence-electron chi connectivity index (χ4n) is 2.12. The van der Waals surface area contributed by atoms with Gasteiger partial charge in [0.05, 0.1) is 11.1 Å². The molecular weight excluding hydrogens is 324 g/mol. The summed E-state index contributed by atoms with van der Waals surface area (Å²) in [6.07, 6.45) is 4.48. The number of para-hydroxylation sites is 1. The number of nitrogens with zero attached hydrogens (tertiary/aromatic N) is 3. The maximum absolute atomic E-state index is 12.3. The number of hydrogen-bond acceptors (Lipinski definition) is 6. The van der Waals surface area contributed by atoms with Gasteiger partial charge >= 0.3 is 0 Å². The van der Waals surface area contributed by atoms with Gasteiger partial charge in [0.1, 0.15) is 11.3 Å². The second kappa shape index (κ2) is 7.18. The minimum Gasteiger partial charge on any atom is -0.437 e. The van der Waals surface area contributed by atoms with Crippen molar-refractivity contribution in [3.8, 4) is 11.6 Å². The van der Waals surface area contributed by atoms with Crippen LogP contribution in [0.5, 0.6) is 11.6 Å². The van der Waals surface area contributed by atoms with E-state index in [1.807, 2.05) is 0 Å². The number of benzene rings is 2. The van der Waals surface area contributed by atoms with E-state index in [0.29, 0.717) is 17.3 Å². The first kappa shape index (κ1) is 16.1. The Hall–Kier alpha value is -3.81. The SMILES string of the molecule is O=C(Nc1cccc(Oc2cnccn2)c1)c1ccccc1[N+](=O)[O-]. The summed E-state index contributed by atoms with van der Waals surface area (Å²) in [4.78, 5) is 30.7. The van der Waals surface area contributed by atoms with Crippen molar-refractivity contribution < 1.29 is 14.5 Å². The molecule has 0 radical (unpaired) electrons. The average Bonchev–Trinajstić information content (AvgIpc) is 2.63. The zero-order valence-electron chi connectivity index (χ0n) is 12.8. The van der Waals surface area contributed by atoms with Crippen LogP contribution in [0.25, 0.3) is 0 Å². The Balaban J connectivity index is 1.78. The van der Waals surface area contributed by atoms with Gasteiger partial charge in [-0.1, -0.05) is 18.2 Å². The van der Waals surface area contributed by atoms with Crippen LogP contribution in [0.1, 0.15) is 10.4 Å².